The molecule has 3 rings (SSSR count). The Labute approximate surface area is 102 Å². The van der Waals surface area contributed by atoms with Crippen molar-refractivity contribution in [2.75, 3.05) is 5.73 Å². The molecule has 0 atom stereocenters. The lowest BCUT2D eigenvalue weighted by Gasteiger charge is -2.03. The number of hydrogen-bond donors (Lipinski definition) is 1. The number of nitrogens with zero attached hydrogens (tertiary/aromatic N) is 4. The molecule has 2 aromatic heterocycles. The van der Waals surface area contributed by atoms with Crippen LogP contribution < -0.4 is 5.73 Å². The van der Waals surface area contributed by atoms with Crippen molar-refractivity contribution < 1.29 is 4.39 Å². The molecule has 0 spiro atoms. The van der Waals surface area contributed by atoms with Crippen LogP contribution in [-0.4, -0.2) is 19.7 Å². The van der Waals surface area contributed by atoms with Crippen molar-refractivity contribution in [3.8, 4) is 5.69 Å². The van der Waals surface area contributed by atoms with Crippen molar-refractivity contribution in [2.24, 2.45) is 0 Å². The minimum atomic E-state index is -0.291. The van der Waals surface area contributed by atoms with Crippen LogP contribution in [-0.2, 0) is 0 Å². The predicted octanol–water partition coefficient (Wildman–Crippen LogP) is 1.85. The molecule has 6 heteroatoms. The average molecular weight is 243 g/mol. The van der Waals surface area contributed by atoms with Gasteiger partial charge >= 0.3 is 0 Å². The highest BCUT2D eigenvalue weighted by Gasteiger charge is 2.10. The maximum atomic E-state index is 12.9. The molecule has 0 aliphatic carbocycles. The van der Waals surface area contributed by atoms with E-state index < -0.39 is 0 Å². The third kappa shape index (κ3) is 1.58. The zero-order chi connectivity index (χ0) is 12.7. The van der Waals surface area contributed by atoms with Gasteiger partial charge in [-0.3, -0.25) is 0 Å². The van der Waals surface area contributed by atoms with Gasteiger partial charge in [0.15, 0.2) is 5.65 Å². The summed E-state index contributed by atoms with van der Waals surface area (Å²) in [7, 11) is 0. The highest BCUT2D eigenvalue weighted by atomic mass is 19.1. The first-order valence-corrected chi connectivity index (χ1v) is 5.39. The lowest BCUT2D eigenvalue weighted by molar-refractivity contribution is 0.627. The van der Waals surface area contributed by atoms with E-state index in [9.17, 15) is 4.39 Å². The fraction of sp³-hybridized carbons (Fsp3) is 0.0833. The number of rotatable bonds is 1. The molecule has 0 bridgehead atoms. The van der Waals surface area contributed by atoms with Crippen LogP contribution in [0.2, 0.25) is 0 Å². The van der Waals surface area contributed by atoms with Gasteiger partial charge in [0.2, 0.25) is 0 Å². The predicted molar refractivity (Wildman–Crippen MR) is 65.8 cm³/mol. The molecule has 0 aliphatic heterocycles. The SMILES string of the molecule is Cc1nc(N)c2cnn(-c3ccc(F)cc3)c2n1. The lowest BCUT2D eigenvalue weighted by Crippen LogP contribution is -2.01. The summed E-state index contributed by atoms with van der Waals surface area (Å²) in [6, 6.07) is 6.02. The minimum absolute atomic E-state index is 0.291. The Kier molecular flexibility index (Phi) is 2.22. The van der Waals surface area contributed by atoms with E-state index >= 15 is 0 Å². The van der Waals surface area contributed by atoms with Gasteiger partial charge in [0.1, 0.15) is 17.5 Å². The number of aryl methyl sites for hydroxylation is 1. The van der Waals surface area contributed by atoms with Crippen molar-refractivity contribution >= 4 is 16.9 Å². The lowest BCUT2D eigenvalue weighted by atomic mass is 10.3. The summed E-state index contributed by atoms with van der Waals surface area (Å²) in [6.07, 6.45) is 1.60. The van der Waals surface area contributed by atoms with E-state index in [0.717, 1.165) is 5.69 Å². The Morgan fingerprint density at radius 3 is 2.61 bits per heavy atom. The summed E-state index contributed by atoms with van der Waals surface area (Å²) in [5.41, 5.74) is 7.15. The Hall–Kier alpha value is -2.50. The van der Waals surface area contributed by atoms with E-state index in [1.54, 1.807) is 29.9 Å². The summed E-state index contributed by atoms with van der Waals surface area (Å²) in [6.45, 7) is 1.76. The van der Waals surface area contributed by atoms with Gasteiger partial charge in [-0.15, -0.1) is 0 Å². The van der Waals surface area contributed by atoms with Crippen LogP contribution in [0.15, 0.2) is 30.5 Å². The van der Waals surface area contributed by atoms with Gasteiger partial charge in [0.25, 0.3) is 0 Å². The monoisotopic (exact) mass is 243 g/mol. The number of fused-ring (bicyclic) bond motifs is 1. The Balaban J connectivity index is 2.27. The third-order valence-corrected chi connectivity index (χ3v) is 2.64. The zero-order valence-corrected chi connectivity index (χ0v) is 9.63. The number of halogens is 1. The molecule has 5 nitrogen and oxygen atoms in total. The van der Waals surface area contributed by atoms with E-state index in [2.05, 4.69) is 15.1 Å². The normalized spacial score (nSPS) is 11.0. The van der Waals surface area contributed by atoms with Crippen molar-refractivity contribution in [3.05, 3.63) is 42.1 Å². The van der Waals surface area contributed by atoms with Crippen molar-refractivity contribution in [2.45, 2.75) is 6.92 Å². The molecule has 0 saturated heterocycles. The first kappa shape index (κ1) is 10.6. The summed E-state index contributed by atoms with van der Waals surface area (Å²) in [5.74, 6) is 0.676. The molecule has 1 aromatic carbocycles. The summed E-state index contributed by atoms with van der Waals surface area (Å²) in [5, 5.41) is 4.89. The van der Waals surface area contributed by atoms with Gasteiger partial charge in [0.05, 0.1) is 17.3 Å². The summed E-state index contributed by atoms with van der Waals surface area (Å²) in [4.78, 5) is 8.39. The van der Waals surface area contributed by atoms with Gasteiger partial charge < -0.3 is 5.73 Å². The number of aromatic nitrogens is 4. The molecule has 2 N–H and O–H groups in total. The van der Waals surface area contributed by atoms with Crippen LogP contribution in [0.4, 0.5) is 10.2 Å². The van der Waals surface area contributed by atoms with Crippen LogP contribution >= 0.6 is 0 Å². The molecule has 0 fully saturated rings. The highest BCUT2D eigenvalue weighted by molar-refractivity contribution is 5.86. The smallest absolute Gasteiger partial charge is 0.168 e. The minimum Gasteiger partial charge on any atom is -0.383 e. The van der Waals surface area contributed by atoms with Crippen LogP contribution in [0.5, 0.6) is 0 Å². The van der Waals surface area contributed by atoms with Crippen molar-refractivity contribution in [1.82, 2.24) is 19.7 Å². The molecule has 2 heterocycles. The number of anilines is 1. The second-order valence-corrected chi connectivity index (χ2v) is 3.93. The maximum absolute atomic E-state index is 12.9. The van der Waals surface area contributed by atoms with Gasteiger partial charge in [-0.2, -0.15) is 5.10 Å². The van der Waals surface area contributed by atoms with Crippen molar-refractivity contribution in [3.63, 3.8) is 0 Å². The van der Waals surface area contributed by atoms with Crippen molar-refractivity contribution in [1.29, 1.82) is 0 Å². The highest BCUT2D eigenvalue weighted by Crippen LogP contribution is 2.20. The fourth-order valence-corrected chi connectivity index (χ4v) is 1.81. The van der Waals surface area contributed by atoms with Crippen LogP contribution in [0.1, 0.15) is 5.82 Å². The van der Waals surface area contributed by atoms with Gasteiger partial charge in [0, 0.05) is 0 Å². The topological polar surface area (TPSA) is 69.6 Å². The van der Waals surface area contributed by atoms with E-state index in [-0.39, 0.29) is 5.82 Å². The van der Waals surface area contributed by atoms with Crippen LogP contribution in [0, 0.1) is 12.7 Å². The van der Waals surface area contributed by atoms with Crippen LogP contribution in [0.25, 0.3) is 16.7 Å². The molecular weight excluding hydrogens is 233 g/mol. The van der Waals surface area contributed by atoms with E-state index in [1.165, 1.54) is 12.1 Å². The number of nitrogens with two attached hydrogens (primary N) is 1. The molecule has 0 amide bonds. The average Bonchev–Trinajstić information content (AvgIpc) is 2.74. The maximum Gasteiger partial charge on any atom is 0.168 e. The third-order valence-electron chi connectivity index (χ3n) is 2.64. The molecule has 0 aliphatic rings. The Morgan fingerprint density at radius 2 is 1.89 bits per heavy atom. The first-order valence-electron chi connectivity index (χ1n) is 5.39. The van der Waals surface area contributed by atoms with E-state index in [1.807, 2.05) is 0 Å². The fourth-order valence-electron chi connectivity index (χ4n) is 1.81. The van der Waals surface area contributed by atoms with E-state index in [4.69, 9.17) is 5.73 Å². The van der Waals surface area contributed by atoms with Gasteiger partial charge in [-0.25, -0.2) is 19.0 Å². The number of hydrogen-bond acceptors (Lipinski definition) is 4. The molecule has 0 radical (unpaired) electrons. The largest absolute Gasteiger partial charge is 0.383 e. The van der Waals surface area contributed by atoms with Crippen LogP contribution in [0.3, 0.4) is 0 Å². The summed E-state index contributed by atoms with van der Waals surface area (Å²) >= 11 is 0. The molecule has 90 valence electrons. The molecule has 0 saturated carbocycles. The second kappa shape index (κ2) is 3.76. The Bertz CT molecular complexity index is 717. The number of benzene rings is 1. The zero-order valence-electron chi connectivity index (χ0n) is 9.63. The first-order chi connectivity index (χ1) is 8.65. The second-order valence-electron chi connectivity index (χ2n) is 3.93. The molecule has 0 unspecified atom stereocenters. The summed E-state index contributed by atoms with van der Waals surface area (Å²) < 4.78 is 14.5. The number of nitrogen functional groups attached to an aromatic ring is 1. The standard InChI is InChI=1S/C12H10FN5/c1-7-16-11(14)10-6-15-18(12(10)17-7)9-4-2-8(13)3-5-9/h2-6H,1H3,(H2,14,16,17). The molecular formula is C12H10FN5. The molecule has 18 heavy (non-hydrogen) atoms. The van der Waals surface area contributed by atoms with Gasteiger partial charge in [-0.1, -0.05) is 0 Å². The quantitative estimate of drug-likeness (QED) is 0.708. The Morgan fingerprint density at radius 1 is 1.17 bits per heavy atom. The molecule has 3 aromatic rings. The van der Waals surface area contributed by atoms with Gasteiger partial charge in [-0.05, 0) is 31.2 Å². The van der Waals surface area contributed by atoms with E-state index in [0.29, 0.717) is 22.7 Å².